The molecule has 0 spiro atoms. The maximum absolute atomic E-state index is 12.4. The Balaban J connectivity index is 1.53. The van der Waals surface area contributed by atoms with Crippen molar-refractivity contribution in [1.29, 1.82) is 0 Å². The van der Waals surface area contributed by atoms with Crippen molar-refractivity contribution in [3.8, 4) is 0 Å². The average molecular weight is 398 g/mol. The second kappa shape index (κ2) is 6.84. The van der Waals surface area contributed by atoms with Crippen LogP contribution in [-0.4, -0.2) is 35.0 Å². The van der Waals surface area contributed by atoms with Crippen LogP contribution in [0, 0.1) is 12.8 Å². The third-order valence-electron chi connectivity index (χ3n) is 3.82. The lowest BCUT2D eigenvalue weighted by atomic mass is 9.96. The van der Waals surface area contributed by atoms with E-state index in [4.69, 9.17) is 4.52 Å². The predicted octanol–water partition coefficient (Wildman–Crippen LogP) is 3.30. The minimum atomic E-state index is -0.105. The molecule has 1 aliphatic heterocycles. The lowest BCUT2D eigenvalue weighted by molar-refractivity contribution is -0.121. The van der Waals surface area contributed by atoms with E-state index in [2.05, 4.69) is 26.4 Å². The van der Waals surface area contributed by atoms with Crippen molar-refractivity contribution in [2.45, 2.75) is 19.8 Å². The summed E-state index contributed by atoms with van der Waals surface area (Å²) in [7, 11) is 0. The Labute approximate surface area is 146 Å². The number of hydrogen-bond donors (Lipinski definition) is 1. The normalized spacial score (nSPS) is 15.7. The van der Waals surface area contributed by atoms with Crippen LogP contribution in [-0.2, 0) is 4.79 Å². The Hall–Kier alpha value is -1.67. The highest BCUT2D eigenvalue weighted by atomic mass is 79.9. The fourth-order valence-electron chi connectivity index (χ4n) is 2.58. The third kappa shape index (κ3) is 3.81. The van der Waals surface area contributed by atoms with E-state index in [0.717, 1.165) is 8.66 Å². The lowest BCUT2D eigenvalue weighted by Crippen LogP contribution is -2.41. The molecule has 1 fully saturated rings. The molecule has 0 saturated carbocycles. The molecule has 1 N–H and O–H groups in total. The quantitative estimate of drug-likeness (QED) is 0.861. The monoisotopic (exact) mass is 397 g/mol. The minimum Gasteiger partial charge on any atom is -0.360 e. The summed E-state index contributed by atoms with van der Waals surface area (Å²) in [5.74, 6) is 0.958. The molecular formula is C15H16BrN3O3S. The van der Waals surface area contributed by atoms with Gasteiger partial charge in [-0.3, -0.25) is 9.59 Å². The van der Waals surface area contributed by atoms with E-state index >= 15 is 0 Å². The first kappa shape index (κ1) is 16.2. The number of aryl methyl sites for hydroxylation is 1. The van der Waals surface area contributed by atoms with Crippen molar-refractivity contribution < 1.29 is 14.1 Å². The van der Waals surface area contributed by atoms with E-state index in [1.165, 1.54) is 11.3 Å². The van der Waals surface area contributed by atoms with Gasteiger partial charge in [-0.05, 0) is 47.8 Å². The Morgan fingerprint density at radius 2 is 2.13 bits per heavy atom. The van der Waals surface area contributed by atoms with Gasteiger partial charge in [-0.25, -0.2) is 0 Å². The number of aromatic nitrogens is 1. The molecule has 2 aromatic rings. The Kier molecular flexibility index (Phi) is 4.82. The first-order valence-corrected chi connectivity index (χ1v) is 8.92. The smallest absolute Gasteiger partial charge is 0.263 e. The van der Waals surface area contributed by atoms with E-state index in [1.807, 2.05) is 17.0 Å². The summed E-state index contributed by atoms with van der Waals surface area (Å²) >= 11 is 4.80. The summed E-state index contributed by atoms with van der Waals surface area (Å²) in [6.07, 6.45) is 1.31. The van der Waals surface area contributed by atoms with Crippen LogP contribution in [0.1, 0.15) is 28.3 Å². The summed E-state index contributed by atoms with van der Waals surface area (Å²) in [5.41, 5.74) is 0. The number of anilines is 1. The number of nitrogens with zero attached hydrogens (tertiary/aromatic N) is 2. The van der Waals surface area contributed by atoms with E-state index in [1.54, 1.807) is 13.0 Å². The van der Waals surface area contributed by atoms with Gasteiger partial charge in [-0.2, -0.15) is 0 Å². The first-order valence-electron chi connectivity index (χ1n) is 7.32. The Morgan fingerprint density at radius 1 is 1.39 bits per heavy atom. The molecule has 0 atom stereocenters. The van der Waals surface area contributed by atoms with Crippen LogP contribution >= 0.6 is 27.3 Å². The second-order valence-electron chi connectivity index (χ2n) is 5.48. The zero-order valence-electron chi connectivity index (χ0n) is 12.5. The number of piperidine rings is 1. The standard InChI is InChI=1S/C15H16BrN3O3S/c1-9-8-13(18-22-9)17-14(20)10-4-6-19(7-5-10)15(21)11-2-3-12(16)23-11/h2-3,8,10H,4-7H2,1H3,(H,17,18,20). The molecule has 0 aromatic carbocycles. The molecule has 2 aromatic heterocycles. The van der Waals surface area contributed by atoms with E-state index in [-0.39, 0.29) is 17.7 Å². The fourth-order valence-corrected chi connectivity index (χ4v) is 3.94. The molecule has 122 valence electrons. The molecule has 1 aliphatic rings. The van der Waals surface area contributed by atoms with Gasteiger partial charge in [0.2, 0.25) is 5.91 Å². The highest BCUT2D eigenvalue weighted by Gasteiger charge is 2.28. The van der Waals surface area contributed by atoms with Crippen molar-refractivity contribution in [1.82, 2.24) is 10.1 Å². The summed E-state index contributed by atoms with van der Waals surface area (Å²) in [4.78, 5) is 27.1. The molecule has 23 heavy (non-hydrogen) atoms. The van der Waals surface area contributed by atoms with Crippen molar-refractivity contribution in [2.24, 2.45) is 5.92 Å². The predicted molar refractivity (Wildman–Crippen MR) is 90.5 cm³/mol. The van der Waals surface area contributed by atoms with E-state index in [0.29, 0.717) is 37.5 Å². The third-order valence-corrected chi connectivity index (χ3v) is 5.43. The van der Waals surface area contributed by atoms with Crippen molar-refractivity contribution >= 4 is 44.9 Å². The number of hydrogen-bond acceptors (Lipinski definition) is 5. The van der Waals surface area contributed by atoms with Gasteiger partial charge in [0.1, 0.15) is 5.76 Å². The number of likely N-dealkylation sites (tertiary alicyclic amines) is 1. The SMILES string of the molecule is Cc1cc(NC(=O)C2CCN(C(=O)c3ccc(Br)s3)CC2)no1. The maximum Gasteiger partial charge on any atom is 0.263 e. The summed E-state index contributed by atoms with van der Waals surface area (Å²) < 4.78 is 5.87. The van der Waals surface area contributed by atoms with Crippen LogP contribution < -0.4 is 5.32 Å². The molecule has 3 heterocycles. The van der Waals surface area contributed by atoms with Crippen LogP contribution in [0.4, 0.5) is 5.82 Å². The van der Waals surface area contributed by atoms with E-state index in [9.17, 15) is 9.59 Å². The van der Waals surface area contributed by atoms with E-state index < -0.39 is 0 Å². The molecule has 3 rings (SSSR count). The van der Waals surface area contributed by atoms with Crippen LogP contribution in [0.25, 0.3) is 0 Å². The number of carbonyl (C=O) groups excluding carboxylic acids is 2. The number of halogens is 1. The molecule has 0 aliphatic carbocycles. The van der Waals surface area contributed by atoms with Gasteiger partial charge in [0.15, 0.2) is 5.82 Å². The van der Waals surface area contributed by atoms with Crippen LogP contribution in [0.5, 0.6) is 0 Å². The number of nitrogens with one attached hydrogen (secondary N) is 1. The zero-order valence-corrected chi connectivity index (χ0v) is 14.9. The molecule has 1 saturated heterocycles. The van der Waals surface area contributed by atoms with Gasteiger partial charge in [-0.1, -0.05) is 5.16 Å². The zero-order chi connectivity index (χ0) is 16.4. The molecule has 0 radical (unpaired) electrons. The van der Waals surface area contributed by atoms with Gasteiger partial charge < -0.3 is 14.7 Å². The Bertz CT molecular complexity index is 719. The molecule has 6 nitrogen and oxygen atoms in total. The van der Waals surface area contributed by atoms with Gasteiger partial charge in [0.05, 0.1) is 8.66 Å². The largest absolute Gasteiger partial charge is 0.360 e. The van der Waals surface area contributed by atoms with Crippen molar-refractivity contribution in [2.75, 3.05) is 18.4 Å². The molecule has 0 bridgehead atoms. The fraction of sp³-hybridized carbons (Fsp3) is 0.400. The number of amides is 2. The van der Waals surface area contributed by atoms with Crippen molar-refractivity contribution in [3.05, 3.63) is 32.6 Å². The van der Waals surface area contributed by atoms with Gasteiger partial charge in [0, 0.05) is 25.1 Å². The van der Waals surface area contributed by atoms with Crippen molar-refractivity contribution in [3.63, 3.8) is 0 Å². The molecular weight excluding hydrogens is 382 g/mol. The topological polar surface area (TPSA) is 75.4 Å². The van der Waals surface area contributed by atoms with Gasteiger partial charge in [0.25, 0.3) is 5.91 Å². The molecule has 0 unspecified atom stereocenters. The molecule has 2 amide bonds. The summed E-state index contributed by atoms with van der Waals surface area (Å²) in [6, 6.07) is 5.38. The number of carbonyl (C=O) groups is 2. The number of thiophene rings is 1. The Morgan fingerprint density at radius 3 is 2.70 bits per heavy atom. The molecule has 8 heteroatoms. The van der Waals surface area contributed by atoms with Gasteiger partial charge in [-0.15, -0.1) is 11.3 Å². The highest BCUT2D eigenvalue weighted by molar-refractivity contribution is 9.11. The average Bonchev–Trinajstić information content (AvgIpc) is 3.15. The lowest BCUT2D eigenvalue weighted by Gasteiger charge is -2.30. The van der Waals surface area contributed by atoms with Crippen LogP contribution in [0.2, 0.25) is 0 Å². The van der Waals surface area contributed by atoms with Gasteiger partial charge >= 0.3 is 0 Å². The minimum absolute atomic E-state index is 0.0340. The summed E-state index contributed by atoms with van der Waals surface area (Å²) in [5, 5.41) is 6.52. The first-order chi connectivity index (χ1) is 11.0. The van der Waals surface area contributed by atoms with Crippen LogP contribution in [0.15, 0.2) is 26.5 Å². The summed E-state index contributed by atoms with van der Waals surface area (Å²) in [6.45, 7) is 2.95. The highest BCUT2D eigenvalue weighted by Crippen LogP contribution is 2.26. The van der Waals surface area contributed by atoms with Crippen LogP contribution in [0.3, 0.4) is 0 Å². The maximum atomic E-state index is 12.4. The number of rotatable bonds is 3. The second-order valence-corrected chi connectivity index (χ2v) is 7.95.